The Labute approximate surface area is 261 Å². The van der Waals surface area contributed by atoms with Gasteiger partial charge in [-0.15, -0.1) is 0 Å². The molecule has 13 heteroatoms. The number of alkyl halides is 2. The van der Waals surface area contributed by atoms with E-state index in [-0.39, 0.29) is 48.8 Å². The zero-order valence-corrected chi connectivity index (χ0v) is 26.1. The molecule has 10 nitrogen and oxygen atoms in total. The van der Waals surface area contributed by atoms with Crippen molar-refractivity contribution < 1.29 is 55.9 Å². The largest absolute Gasteiger partial charge is 0.540 e. The van der Waals surface area contributed by atoms with Crippen LogP contribution in [0.2, 0.25) is 0 Å². The van der Waals surface area contributed by atoms with Crippen molar-refractivity contribution in [3.05, 3.63) is 23.9 Å². The number of hydrogen-bond donors (Lipinski definition) is 1. The summed E-state index contributed by atoms with van der Waals surface area (Å²) in [6, 6.07) is 2.51. The number of amides is 2. The summed E-state index contributed by atoms with van der Waals surface area (Å²) in [5.74, 6) is -0.419. The van der Waals surface area contributed by atoms with Crippen LogP contribution in [0.4, 0.5) is 13.6 Å². The van der Waals surface area contributed by atoms with Crippen LogP contribution in [0.3, 0.4) is 0 Å². The molecule has 1 aliphatic carbocycles. The van der Waals surface area contributed by atoms with Crippen LogP contribution in [0.1, 0.15) is 65.5 Å². The van der Waals surface area contributed by atoms with E-state index < -0.39 is 48.1 Å². The summed E-state index contributed by atoms with van der Waals surface area (Å²) in [6.45, 7) is 4.36. The van der Waals surface area contributed by atoms with Crippen molar-refractivity contribution in [1.82, 2.24) is 20.2 Å². The van der Waals surface area contributed by atoms with Gasteiger partial charge in [-0.2, -0.15) is 8.78 Å². The fourth-order valence-corrected chi connectivity index (χ4v) is 5.78. The Kier molecular flexibility index (Phi) is 10.2. The average Bonchev–Trinajstić information content (AvgIpc) is 3.57. The number of aromatic nitrogens is 2. The molecule has 5 rings (SSSR count). The minimum absolute atomic E-state index is 0. The number of fused-ring (bicyclic) bond motifs is 5. The molecule has 2 amide bonds. The number of carbonyl (C=O) groups is 2. The summed E-state index contributed by atoms with van der Waals surface area (Å²) < 4.78 is 42.2. The van der Waals surface area contributed by atoms with E-state index in [1.165, 1.54) is 17.0 Å². The summed E-state index contributed by atoms with van der Waals surface area (Å²) in [4.78, 5) is 49.6. The molecule has 2 aliphatic heterocycles. The van der Waals surface area contributed by atoms with E-state index in [1.807, 2.05) is 27.1 Å². The Bertz CT molecular complexity index is 1340. The minimum Gasteiger partial charge on any atom is -0.540 e. The number of nitrogens with zero attached hydrogens (tertiary/aromatic N) is 3. The fourth-order valence-electron chi connectivity index (χ4n) is 5.78. The molecule has 1 N–H and O–H groups in total. The van der Waals surface area contributed by atoms with Gasteiger partial charge in [-0.05, 0) is 55.1 Å². The Morgan fingerprint density at radius 1 is 1.09 bits per heavy atom. The monoisotopic (exact) mass is 638 g/mol. The first-order chi connectivity index (χ1) is 19.9. The summed E-state index contributed by atoms with van der Waals surface area (Å²) >= 11 is 0. The molecular weight excluding hydrogens is 601 g/mol. The van der Waals surface area contributed by atoms with Crippen molar-refractivity contribution in [3.63, 3.8) is 0 Å². The normalized spacial score (nSPS) is 28.3. The van der Waals surface area contributed by atoms with Crippen molar-refractivity contribution in [2.24, 2.45) is 17.3 Å². The van der Waals surface area contributed by atoms with Crippen LogP contribution in [-0.4, -0.2) is 70.6 Å². The van der Waals surface area contributed by atoms with Gasteiger partial charge in [-0.3, -0.25) is 4.79 Å². The summed E-state index contributed by atoms with van der Waals surface area (Å²) in [6.07, 6.45) is 5.51. The van der Waals surface area contributed by atoms with E-state index in [1.54, 1.807) is 13.0 Å². The zero-order valence-electron chi connectivity index (χ0n) is 24.7. The van der Waals surface area contributed by atoms with Crippen LogP contribution >= 0.6 is 0 Å². The smallest absolute Gasteiger partial charge is 0.408 e. The molecule has 0 spiro atoms. The fraction of sp³-hybridized carbons (Fsp3) is 0.633. The number of aryl methyl sites for hydroxylation is 1. The van der Waals surface area contributed by atoms with E-state index in [2.05, 4.69) is 15.0 Å². The van der Waals surface area contributed by atoms with Crippen LogP contribution in [0, 0.1) is 17.3 Å². The van der Waals surface area contributed by atoms with Gasteiger partial charge in [-0.1, -0.05) is 46.6 Å². The second kappa shape index (κ2) is 13.3. The van der Waals surface area contributed by atoms with Crippen LogP contribution in [-0.2, 0) is 39.3 Å². The molecule has 3 heterocycles. The number of hydrogen-bond acceptors (Lipinski definition) is 8. The van der Waals surface area contributed by atoms with Gasteiger partial charge >= 0.3 is 12.7 Å². The van der Waals surface area contributed by atoms with E-state index in [0.717, 1.165) is 32.1 Å². The third-order valence-electron chi connectivity index (χ3n) is 8.34. The first kappa shape index (κ1) is 32.9. The second-order valence-electron chi connectivity index (χ2n) is 12.6. The Balaban J connectivity index is 0.00000423. The molecule has 1 saturated carbocycles. The quantitative estimate of drug-likeness (QED) is 0.486. The second-order valence-corrected chi connectivity index (χ2v) is 12.6. The number of benzene rings is 1. The van der Waals surface area contributed by atoms with Gasteiger partial charge in [0.25, 0.3) is 0 Å². The maximum Gasteiger partial charge on any atom is 0.408 e. The molecule has 1 aromatic carbocycles. The summed E-state index contributed by atoms with van der Waals surface area (Å²) in [5.41, 5.74) is 0.770. The molecule has 3 aliphatic rings. The number of halogens is 2. The molecule has 1 radical (unpaired) electrons. The van der Waals surface area contributed by atoms with Crippen LogP contribution < -0.4 is 14.8 Å². The average molecular weight is 639 g/mol. The Morgan fingerprint density at radius 2 is 1.86 bits per heavy atom. The van der Waals surface area contributed by atoms with Gasteiger partial charge in [0.15, 0.2) is 0 Å². The van der Waals surface area contributed by atoms with Gasteiger partial charge in [0.1, 0.15) is 29.7 Å². The number of ether oxygens (including phenoxy) is 3. The predicted octanol–water partition coefficient (Wildman–Crippen LogP) is 4.58. The third-order valence-corrected chi connectivity index (χ3v) is 8.34. The van der Waals surface area contributed by atoms with Crippen molar-refractivity contribution >= 4 is 29.3 Å². The molecule has 43 heavy (non-hydrogen) atoms. The van der Waals surface area contributed by atoms with Gasteiger partial charge in [0.2, 0.25) is 11.8 Å². The number of alkyl carbamates (subject to hydrolysis) is 1. The Morgan fingerprint density at radius 3 is 2.56 bits per heavy atom. The minimum atomic E-state index is -2.98. The standard InChI is InChI=1S/C30H37F2N4O6.V/c1-16-22(15-37)36-14-24(16)41-26-20(33-19-11-10-18(40-28(31)32)13-21(19)34-26)9-7-5-6-8-17-12-23(17)42-29(39)35-25(27(36)38)30(2,3)4;/h10-11,13,16-17,22-25,28H,5-9,12,14H2,1-4H3,(H,35,39);/q-1;/t16-,17+,22+,23+,24-,25+;/m0./s1. The molecule has 233 valence electrons. The van der Waals surface area contributed by atoms with Gasteiger partial charge < -0.3 is 29.2 Å². The van der Waals surface area contributed by atoms with Crippen molar-refractivity contribution in [3.8, 4) is 11.6 Å². The zero-order chi connectivity index (χ0) is 30.2. The first-order valence-electron chi connectivity index (χ1n) is 14.5. The van der Waals surface area contributed by atoms with E-state index in [0.29, 0.717) is 23.1 Å². The first-order valence-corrected chi connectivity index (χ1v) is 14.5. The number of carbonyl (C=O) groups excluding carboxylic acids is 3. The van der Waals surface area contributed by atoms with Crippen LogP contribution in [0.15, 0.2) is 18.2 Å². The number of nitrogens with one attached hydrogen (secondary N) is 1. The summed E-state index contributed by atoms with van der Waals surface area (Å²) in [7, 11) is 0. The summed E-state index contributed by atoms with van der Waals surface area (Å²) in [5, 5.41) is 2.75. The predicted molar refractivity (Wildman–Crippen MR) is 148 cm³/mol. The van der Waals surface area contributed by atoms with E-state index >= 15 is 0 Å². The van der Waals surface area contributed by atoms with Gasteiger partial charge in [0.05, 0.1) is 17.6 Å². The molecule has 1 aromatic heterocycles. The topological polar surface area (TPSA) is 120 Å². The third kappa shape index (κ3) is 7.57. The van der Waals surface area contributed by atoms with E-state index in [9.17, 15) is 23.2 Å². The number of rotatable bonds is 3. The van der Waals surface area contributed by atoms with Crippen LogP contribution in [0.25, 0.3) is 11.0 Å². The van der Waals surface area contributed by atoms with Crippen molar-refractivity contribution in [1.29, 1.82) is 0 Å². The SMILES string of the molecule is C[C@@H]1[C@@H]2CN(C(=O)[C@H](C(C)(C)C)NC(=O)O[C@@H]3C[C@H]3CCCCCc3nc4ccc(OC(F)F)cc4nc3O2)[C@@H]1[C-]=O.[V]. The van der Waals surface area contributed by atoms with Gasteiger partial charge in [-0.25, -0.2) is 21.0 Å². The molecular formula is C30H37F2N4O6V-. The maximum atomic E-state index is 13.9. The molecule has 1 saturated heterocycles. The molecule has 2 aromatic rings. The van der Waals surface area contributed by atoms with Crippen molar-refractivity contribution in [2.75, 3.05) is 6.54 Å². The van der Waals surface area contributed by atoms with Gasteiger partial charge in [0, 0.05) is 24.6 Å². The van der Waals surface area contributed by atoms with Crippen LogP contribution in [0.5, 0.6) is 11.6 Å². The maximum absolute atomic E-state index is 13.9. The van der Waals surface area contributed by atoms with E-state index in [4.69, 9.17) is 14.5 Å². The molecule has 2 fully saturated rings. The molecule has 0 unspecified atom stereocenters. The Hall–Kier alpha value is -2.99. The molecule has 6 atom stereocenters. The van der Waals surface area contributed by atoms with Crippen molar-refractivity contribution in [2.45, 2.75) is 97.1 Å². The molecule has 2 bridgehead atoms.